The third kappa shape index (κ3) is 7.41. The summed E-state index contributed by atoms with van der Waals surface area (Å²) in [5, 5.41) is 27.6. The van der Waals surface area contributed by atoms with Gasteiger partial charge in [-0.15, -0.1) is 0 Å². The fourth-order valence-electron chi connectivity index (χ4n) is 2.89. The van der Waals surface area contributed by atoms with Crippen LogP contribution in [-0.4, -0.2) is 82.4 Å². The van der Waals surface area contributed by atoms with Crippen LogP contribution in [0.3, 0.4) is 0 Å². The summed E-state index contributed by atoms with van der Waals surface area (Å²) in [5.41, 5.74) is 0.559. The molecule has 2 atom stereocenters. The van der Waals surface area contributed by atoms with Gasteiger partial charge in [0.2, 0.25) is 0 Å². The molecule has 0 bridgehead atoms. The second kappa shape index (κ2) is 12.9. The van der Waals surface area contributed by atoms with Crippen LogP contribution >= 0.6 is 24.4 Å². The standard InChI is InChI=1S/2C12H18N2O2S.Ca/c2*1-6(2)12(5)11(17)13-9(14-12)7(3)8(4)10(15)16;/h2*6H,1-5H3,(H,15,16)(H,13,14,17);/q;;+2/p-2/b2*8-7-;. The maximum Gasteiger partial charge on any atom is 2.00 e. The molecule has 0 amide bonds. The topological polar surface area (TPSA) is 129 Å². The van der Waals surface area contributed by atoms with Crippen molar-refractivity contribution in [3.8, 4) is 0 Å². The largest absolute Gasteiger partial charge is 2.00 e. The Balaban J connectivity index is 0.000000642. The minimum Gasteiger partial charge on any atom is -0.545 e. The van der Waals surface area contributed by atoms with Gasteiger partial charge in [0.05, 0.1) is 11.9 Å². The second-order valence-electron chi connectivity index (χ2n) is 9.51. The Hall–Kier alpha value is -1.20. The number of rotatable bonds is 6. The Labute approximate surface area is 248 Å². The van der Waals surface area contributed by atoms with E-state index in [2.05, 4.69) is 20.6 Å². The van der Waals surface area contributed by atoms with Gasteiger partial charge in [0.15, 0.2) is 0 Å². The summed E-state index contributed by atoms with van der Waals surface area (Å²) in [6.45, 7) is 18.4. The van der Waals surface area contributed by atoms with Crippen molar-refractivity contribution in [3.05, 3.63) is 22.3 Å². The molecule has 0 aromatic heterocycles. The molecule has 2 rings (SSSR count). The minimum atomic E-state index is -1.18. The van der Waals surface area contributed by atoms with Crippen molar-refractivity contribution < 1.29 is 19.8 Å². The number of carbonyl (C=O) groups excluding carboxylic acids is 2. The first-order valence-corrected chi connectivity index (χ1v) is 11.8. The van der Waals surface area contributed by atoms with E-state index in [0.717, 1.165) is 0 Å². The predicted octanol–water partition coefficient (Wildman–Crippen LogP) is 1.25. The zero-order valence-electron chi connectivity index (χ0n) is 22.2. The van der Waals surface area contributed by atoms with Gasteiger partial charge in [-0.1, -0.05) is 52.1 Å². The van der Waals surface area contributed by atoms with Crippen molar-refractivity contribution in [3.63, 3.8) is 0 Å². The molecule has 0 aromatic rings. The van der Waals surface area contributed by atoms with Crippen LogP contribution < -0.4 is 20.8 Å². The average Bonchev–Trinajstić information content (AvgIpc) is 3.23. The van der Waals surface area contributed by atoms with E-state index < -0.39 is 23.0 Å². The van der Waals surface area contributed by atoms with Gasteiger partial charge < -0.3 is 30.4 Å². The van der Waals surface area contributed by atoms with E-state index in [1.807, 2.05) is 41.5 Å². The number of aliphatic imine (C=N–C) groups is 2. The number of nitrogens with zero attached hydrogens (tertiary/aromatic N) is 2. The Bertz CT molecular complexity index is 964. The van der Waals surface area contributed by atoms with Gasteiger partial charge in [-0.3, -0.25) is 9.98 Å². The molecule has 2 unspecified atom stereocenters. The van der Waals surface area contributed by atoms with Gasteiger partial charge in [0.25, 0.3) is 0 Å². The monoisotopic (exact) mass is 546 g/mol. The minimum absolute atomic E-state index is 0. The Morgan fingerprint density at radius 3 is 1.17 bits per heavy atom. The summed E-state index contributed by atoms with van der Waals surface area (Å²) in [6.07, 6.45) is 0. The van der Waals surface area contributed by atoms with Crippen molar-refractivity contribution in [2.45, 2.75) is 80.3 Å². The van der Waals surface area contributed by atoms with E-state index >= 15 is 0 Å². The number of thiocarbonyl (C=S) groups is 2. The molecular weight excluding hydrogens is 513 g/mol. The summed E-state index contributed by atoms with van der Waals surface area (Å²) in [4.78, 5) is 31.9. The number of nitrogens with one attached hydrogen (secondary N) is 2. The van der Waals surface area contributed by atoms with Crippen molar-refractivity contribution in [2.75, 3.05) is 0 Å². The SMILES string of the molecule is C/C(C(=O)[O-])=C(\C)C1=NC(C)(C(C)C)C(=S)N1.C/C(C(=O)[O-])=C(\C)C1=NC(C)(C(C)C)C(=S)N1.[Ca+2]. The zero-order chi connectivity index (χ0) is 26.8. The third-order valence-corrected chi connectivity index (χ3v) is 7.80. The molecule has 2 heterocycles. The van der Waals surface area contributed by atoms with Crippen LogP contribution in [-0.2, 0) is 9.59 Å². The van der Waals surface area contributed by atoms with Gasteiger partial charge in [0, 0.05) is 0 Å². The van der Waals surface area contributed by atoms with Crippen LogP contribution in [0, 0.1) is 11.8 Å². The summed E-state index contributed by atoms with van der Waals surface area (Å²) in [7, 11) is 0. The molecule has 8 nitrogen and oxygen atoms in total. The van der Waals surface area contributed by atoms with Crippen molar-refractivity contribution in [1.82, 2.24) is 10.6 Å². The van der Waals surface area contributed by atoms with Gasteiger partial charge in [-0.05, 0) is 75.7 Å². The second-order valence-corrected chi connectivity index (χ2v) is 10.3. The first kappa shape index (κ1) is 33.8. The number of carboxylic acid groups (broad SMARTS) is 2. The van der Waals surface area contributed by atoms with Crippen LogP contribution in [0.4, 0.5) is 0 Å². The van der Waals surface area contributed by atoms with Gasteiger partial charge in [-0.2, -0.15) is 0 Å². The summed E-state index contributed by atoms with van der Waals surface area (Å²) >= 11 is 10.5. The zero-order valence-corrected chi connectivity index (χ0v) is 26.0. The molecule has 2 aliphatic heterocycles. The molecule has 2 aliphatic rings. The first-order valence-electron chi connectivity index (χ1n) is 11.0. The molecule has 0 aromatic carbocycles. The number of aliphatic carboxylic acids is 2. The molecule has 0 saturated carbocycles. The summed E-state index contributed by atoms with van der Waals surface area (Å²) in [5.74, 6) is -0.806. The number of amidine groups is 2. The normalized spacial score (nSPS) is 24.8. The predicted molar refractivity (Wildman–Crippen MR) is 145 cm³/mol. The molecule has 188 valence electrons. The third-order valence-electron chi connectivity index (χ3n) is 6.77. The number of hydrogen-bond acceptors (Lipinski definition) is 8. The van der Waals surface area contributed by atoms with Crippen LogP contribution in [0.1, 0.15) is 69.2 Å². The maximum atomic E-state index is 10.8. The Kier molecular flexibility index (Phi) is 12.4. The average molecular weight is 547 g/mol. The van der Waals surface area contributed by atoms with Gasteiger partial charge >= 0.3 is 37.7 Å². The fraction of sp³-hybridized carbons (Fsp3) is 0.583. The van der Waals surface area contributed by atoms with E-state index in [1.54, 1.807) is 13.8 Å². The molecule has 35 heavy (non-hydrogen) atoms. The van der Waals surface area contributed by atoms with Gasteiger partial charge in [0.1, 0.15) is 32.7 Å². The van der Waals surface area contributed by atoms with E-state index in [0.29, 0.717) is 32.8 Å². The van der Waals surface area contributed by atoms with Crippen LogP contribution in [0.25, 0.3) is 0 Å². The molecule has 11 heteroatoms. The van der Waals surface area contributed by atoms with Crippen LogP contribution in [0.15, 0.2) is 32.3 Å². The molecule has 0 radical (unpaired) electrons. The van der Waals surface area contributed by atoms with E-state index in [9.17, 15) is 19.8 Å². The summed E-state index contributed by atoms with van der Waals surface area (Å²) < 4.78 is 0. The fourth-order valence-corrected chi connectivity index (χ4v) is 3.65. The van der Waals surface area contributed by atoms with Gasteiger partial charge in [-0.25, -0.2) is 0 Å². The Morgan fingerprint density at radius 2 is 1.00 bits per heavy atom. The van der Waals surface area contributed by atoms with E-state index in [4.69, 9.17) is 24.4 Å². The van der Waals surface area contributed by atoms with Crippen LogP contribution in [0.2, 0.25) is 0 Å². The Morgan fingerprint density at radius 1 is 0.743 bits per heavy atom. The van der Waals surface area contributed by atoms with Crippen molar-refractivity contribution in [2.24, 2.45) is 21.8 Å². The number of carboxylic acids is 2. The van der Waals surface area contributed by atoms with Crippen molar-refractivity contribution in [1.29, 1.82) is 0 Å². The van der Waals surface area contributed by atoms with Crippen molar-refractivity contribution >= 4 is 95.8 Å². The molecule has 0 fully saturated rings. The summed E-state index contributed by atoms with van der Waals surface area (Å²) in [6, 6.07) is 0. The molecular formula is C24H34CaN4O4S2. The van der Waals surface area contributed by atoms with E-state index in [-0.39, 0.29) is 60.7 Å². The number of hydrogen-bond donors (Lipinski definition) is 2. The first-order chi connectivity index (χ1) is 15.4. The smallest absolute Gasteiger partial charge is 0.545 e. The molecule has 0 aliphatic carbocycles. The quantitative estimate of drug-likeness (QED) is 0.289. The van der Waals surface area contributed by atoms with Crippen LogP contribution in [0.5, 0.6) is 0 Å². The molecule has 0 saturated heterocycles. The van der Waals surface area contributed by atoms with E-state index in [1.165, 1.54) is 13.8 Å². The number of carbonyl (C=O) groups is 2. The molecule has 0 spiro atoms. The molecule has 2 N–H and O–H groups in total. The maximum absolute atomic E-state index is 10.8.